The third-order valence-corrected chi connectivity index (χ3v) is 3.24. The van der Waals surface area contributed by atoms with Gasteiger partial charge in [-0.05, 0) is 19.0 Å². The van der Waals surface area contributed by atoms with Crippen molar-refractivity contribution < 1.29 is 9.13 Å². The lowest BCUT2D eigenvalue weighted by atomic mass is 10.1. The minimum atomic E-state index is -0.334. The van der Waals surface area contributed by atoms with Crippen molar-refractivity contribution in [2.24, 2.45) is 0 Å². The molecule has 0 unspecified atom stereocenters. The Hall–Kier alpha value is -1.16. The normalized spacial score (nSPS) is 10.8. The van der Waals surface area contributed by atoms with E-state index < -0.39 is 0 Å². The molecule has 0 bridgehead atoms. The van der Waals surface area contributed by atoms with Gasteiger partial charge in [-0.1, -0.05) is 46.0 Å². The van der Waals surface area contributed by atoms with E-state index >= 15 is 0 Å². The summed E-state index contributed by atoms with van der Waals surface area (Å²) in [6.07, 6.45) is 8.76. The number of hydrogen-bond donors (Lipinski definition) is 1. The van der Waals surface area contributed by atoms with Gasteiger partial charge in [-0.3, -0.25) is 0 Å². The molecule has 0 fully saturated rings. The summed E-state index contributed by atoms with van der Waals surface area (Å²) < 4.78 is 19.5. The molecule has 1 rings (SSSR count). The fourth-order valence-corrected chi connectivity index (χ4v) is 2.01. The Labute approximate surface area is 121 Å². The maximum atomic E-state index is 14.0. The number of unbranched alkanes of at least 4 members (excludes halogenated alkanes) is 5. The first kappa shape index (κ1) is 16.9. The SMILES string of the molecule is CCCCCCCCOc1nccc(CNCC)c1F. The summed E-state index contributed by atoms with van der Waals surface area (Å²) in [5, 5.41) is 3.11. The zero-order valence-corrected chi connectivity index (χ0v) is 12.8. The van der Waals surface area contributed by atoms with Gasteiger partial charge in [0.05, 0.1) is 6.61 Å². The van der Waals surface area contributed by atoms with Crippen LogP contribution >= 0.6 is 0 Å². The molecule has 1 N–H and O–H groups in total. The second-order valence-corrected chi connectivity index (χ2v) is 4.99. The summed E-state index contributed by atoms with van der Waals surface area (Å²) in [6, 6.07) is 1.69. The third-order valence-electron chi connectivity index (χ3n) is 3.24. The van der Waals surface area contributed by atoms with Crippen LogP contribution in [0.15, 0.2) is 12.3 Å². The van der Waals surface area contributed by atoms with Crippen molar-refractivity contribution >= 4 is 0 Å². The van der Waals surface area contributed by atoms with Crippen LogP contribution in [0.3, 0.4) is 0 Å². The maximum absolute atomic E-state index is 14.0. The van der Waals surface area contributed by atoms with Gasteiger partial charge >= 0.3 is 0 Å². The highest BCUT2D eigenvalue weighted by Crippen LogP contribution is 2.17. The second-order valence-electron chi connectivity index (χ2n) is 4.99. The van der Waals surface area contributed by atoms with Crippen molar-refractivity contribution in [2.45, 2.75) is 58.9 Å². The molecule has 0 saturated heterocycles. The van der Waals surface area contributed by atoms with Crippen molar-refractivity contribution in [1.29, 1.82) is 0 Å². The quantitative estimate of drug-likeness (QED) is 0.621. The monoisotopic (exact) mass is 282 g/mol. The Bertz CT molecular complexity index is 371. The van der Waals surface area contributed by atoms with Crippen LogP contribution in [0.25, 0.3) is 0 Å². The van der Waals surface area contributed by atoms with E-state index in [-0.39, 0.29) is 11.7 Å². The zero-order valence-electron chi connectivity index (χ0n) is 12.8. The molecule has 0 spiro atoms. The average molecular weight is 282 g/mol. The lowest BCUT2D eigenvalue weighted by Gasteiger charge is -2.09. The third kappa shape index (κ3) is 6.33. The van der Waals surface area contributed by atoms with Gasteiger partial charge in [0, 0.05) is 18.3 Å². The first-order valence-corrected chi connectivity index (χ1v) is 7.76. The molecule has 20 heavy (non-hydrogen) atoms. The molecule has 0 aliphatic heterocycles. The Morgan fingerprint density at radius 3 is 2.65 bits per heavy atom. The average Bonchev–Trinajstić information content (AvgIpc) is 2.46. The second kappa shape index (κ2) is 10.6. The van der Waals surface area contributed by atoms with Gasteiger partial charge in [-0.25, -0.2) is 9.37 Å². The molecular weight excluding hydrogens is 255 g/mol. The van der Waals surface area contributed by atoms with E-state index in [9.17, 15) is 4.39 Å². The van der Waals surface area contributed by atoms with E-state index in [0.717, 1.165) is 19.4 Å². The summed E-state index contributed by atoms with van der Waals surface area (Å²) in [5.41, 5.74) is 0.611. The Morgan fingerprint density at radius 2 is 1.90 bits per heavy atom. The molecule has 0 aliphatic carbocycles. The van der Waals surface area contributed by atoms with E-state index in [4.69, 9.17) is 4.74 Å². The highest BCUT2D eigenvalue weighted by molar-refractivity contribution is 5.23. The minimum Gasteiger partial charge on any atom is -0.476 e. The van der Waals surface area contributed by atoms with E-state index in [2.05, 4.69) is 17.2 Å². The van der Waals surface area contributed by atoms with Crippen molar-refractivity contribution in [3.8, 4) is 5.88 Å². The number of rotatable bonds is 11. The molecule has 1 aromatic heterocycles. The molecule has 1 heterocycles. The van der Waals surface area contributed by atoms with Gasteiger partial charge < -0.3 is 10.1 Å². The molecule has 4 heteroatoms. The summed E-state index contributed by atoms with van der Waals surface area (Å²) in [5.74, 6) is -0.201. The standard InChI is InChI=1S/C16H27FN2O/c1-3-5-6-7-8-9-12-20-16-15(17)14(10-11-19-16)13-18-4-2/h10-11,18H,3-9,12-13H2,1-2H3. The lowest BCUT2D eigenvalue weighted by Crippen LogP contribution is -2.14. The molecule has 3 nitrogen and oxygen atoms in total. The van der Waals surface area contributed by atoms with Gasteiger partial charge in [0.1, 0.15) is 0 Å². The maximum Gasteiger partial charge on any atom is 0.250 e. The van der Waals surface area contributed by atoms with Crippen molar-refractivity contribution in [1.82, 2.24) is 10.3 Å². The highest BCUT2D eigenvalue weighted by atomic mass is 19.1. The fourth-order valence-electron chi connectivity index (χ4n) is 2.01. The smallest absolute Gasteiger partial charge is 0.250 e. The summed E-state index contributed by atoms with van der Waals surface area (Å²) >= 11 is 0. The number of nitrogens with zero attached hydrogens (tertiary/aromatic N) is 1. The predicted octanol–water partition coefficient (Wildman–Crippen LogP) is 4.07. The molecule has 0 saturated carbocycles. The Kier molecular flexibility index (Phi) is 8.96. The number of ether oxygens (including phenoxy) is 1. The van der Waals surface area contributed by atoms with Crippen LogP contribution in [0.2, 0.25) is 0 Å². The number of pyridine rings is 1. The Morgan fingerprint density at radius 1 is 1.15 bits per heavy atom. The molecule has 0 amide bonds. The van der Waals surface area contributed by atoms with Gasteiger partial charge in [-0.15, -0.1) is 0 Å². The number of hydrogen-bond acceptors (Lipinski definition) is 3. The van der Waals surface area contributed by atoms with E-state index in [1.165, 1.54) is 25.7 Å². The lowest BCUT2D eigenvalue weighted by molar-refractivity contribution is 0.276. The number of aromatic nitrogens is 1. The van der Waals surface area contributed by atoms with Crippen LogP contribution in [-0.4, -0.2) is 18.1 Å². The molecule has 0 aliphatic rings. The first-order valence-electron chi connectivity index (χ1n) is 7.76. The molecular formula is C16H27FN2O. The van der Waals surface area contributed by atoms with Crippen molar-refractivity contribution in [2.75, 3.05) is 13.2 Å². The predicted molar refractivity (Wildman–Crippen MR) is 80.4 cm³/mol. The van der Waals surface area contributed by atoms with Crippen LogP contribution in [0, 0.1) is 5.82 Å². The van der Waals surface area contributed by atoms with Crippen LogP contribution in [0.4, 0.5) is 4.39 Å². The van der Waals surface area contributed by atoms with E-state index in [1.807, 2.05) is 6.92 Å². The number of nitrogens with one attached hydrogen (secondary N) is 1. The van der Waals surface area contributed by atoms with Crippen molar-refractivity contribution in [3.05, 3.63) is 23.6 Å². The van der Waals surface area contributed by atoms with Crippen LogP contribution in [0.1, 0.15) is 57.9 Å². The largest absolute Gasteiger partial charge is 0.476 e. The van der Waals surface area contributed by atoms with Gasteiger partial charge in [0.25, 0.3) is 5.88 Å². The highest BCUT2D eigenvalue weighted by Gasteiger charge is 2.10. The first-order chi connectivity index (χ1) is 9.79. The summed E-state index contributed by atoms with van der Waals surface area (Å²) in [7, 11) is 0. The summed E-state index contributed by atoms with van der Waals surface area (Å²) in [4.78, 5) is 3.97. The number of halogens is 1. The zero-order chi connectivity index (χ0) is 14.6. The molecule has 0 aromatic carbocycles. The summed E-state index contributed by atoms with van der Waals surface area (Å²) in [6.45, 7) is 6.07. The van der Waals surface area contributed by atoms with Gasteiger partial charge in [-0.2, -0.15) is 0 Å². The van der Waals surface area contributed by atoms with Gasteiger partial charge in [0.2, 0.25) is 0 Å². The van der Waals surface area contributed by atoms with Crippen LogP contribution in [-0.2, 0) is 6.54 Å². The molecule has 0 radical (unpaired) electrons. The minimum absolute atomic E-state index is 0.133. The molecule has 0 atom stereocenters. The van der Waals surface area contributed by atoms with Crippen LogP contribution < -0.4 is 10.1 Å². The van der Waals surface area contributed by atoms with Crippen LogP contribution in [0.5, 0.6) is 5.88 Å². The molecule has 1 aromatic rings. The molecule has 114 valence electrons. The van der Waals surface area contributed by atoms with E-state index in [0.29, 0.717) is 18.7 Å². The topological polar surface area (TPSA) is 34.1 Å². The van der Waals surface area contributed by atoms with E-state index in [1.54, 1.807) is 12.3 Å². The van der Waals surface area contributed by atoms with Gasteiger partial charge in [0.15, 0.2) is 5.82 Å². The van der Waals surface area contributed by atoms with Crippen molar-refractivity contribution in [3.63, 3.8) is 0 Å². The fraction of sp³-hybridized carbons (Fsp3) is 0.688. The Balaban J connectivity index is 2.29.